The van der Waals surface area contributed by atoms with E-state index in [1.807, 2.05) is 6.92 Å². The van der Waals surface area contributed by atoms with Crippen molar-refractivity contribution in [2.75, 3.05) is 31.7 Å². The van der Waals surface area contributed by atoms with Gasteiger partial charge in [-0.15, -0.1) is 5.10 Å². The first-order valence-electron chi connectivity index (χ1n) is 13.7. The van der Waals surface area contributed by atoms with E-state index in [2.05, 4.69) is 20.3 Å². The number of hydrogen-bond donors (Lipinski definition) is 0. The van der Waals surface area contributed by atoms with Gasteiger partial charge in [-0.2, -0.15) is 44.3 Å². The molecule has 1 aliphatic heterocycles. The molecule has 242 valence electrons. The molecule has 2 atom stereocenters. The molecule has 2 aromatic carbocycles. The Hall–Kier alpha value is -3.40. The van der Waals surface area contributed by atoms with Crippen molar-refractivity contribution in [2.45, 2.75) is 57.4 Å². The number of alkyl halides is 9. The Kier molecular flexibility index (Phi) is 9.83. The molecular weight excluding hydrogens is 607 g/mol. The number of nitrogens with zero attached hydrogens (tertiary/aromatic N) is 6. The Morgan fingerprint density at radius 3 is 2.07 bits per heavy atom. The first kappa shape index (κ1) is 33.5. The quantitative estimate of drug-likeness (QED) is 0.226. The number of hydrogen-bond acceptors (Lipinski definition) is 6. The lowest BCUT2D eigenvalue weighted by atomic mass is 9.94. The fourth-order valence-electron chi connectivity index (χ4n) is 5.57. The summed E-state index contributed by atoms with van der Waals surface area (Å²) in [5.74, 6) is 0.0483. The van der Waals surface area contributed by atoms with Crippen molar-refractivity contribution in [3.63, 3.8) is 0 Å². The van der Waals surface area contributed by atoms with Crippen LogP contribution in [0.2, 0.25) is 0 Å². The van der Waals surface area contributed by atoms with E-state index < -0.39 is 41.8 Å². The number of anilines is 1. The van der Waals surface area contributed by atoms with Crippen molar-refractivity contribution in [3.05, 3.63) is 69.8 Å². The van der Waals surface area contributed by atoms with Gasteiger partial charge >= 0.3 is 18.5 Å². The van der Waals surface area contributed by atoms with Gasteiger partial charge in [0.15, 0.2) is 0 Å². The maximum absolute atomic E-state index is 13.9. The van der Waals surface area contributed by atoms with Gasteiger partial charge in [-0.05, 0) is 77.5 Å². The molecule has 1 fully saturated rings. The van der Waals surface area contributed by atoms with E-state index in [4.69, 9.17) is 4.74 Å². The average Bonchev–Trinajstić information content (AvgIpc) is 3.57. The molecule has 0 aliphatic carbocycles. The minimum Gasteiger partial charge on any atom is -0.384 e. The van der Waals surface area contributed by atoms with Gasteiger partial charge in [0.25, 0.3) is 5.95 Å². The van der Waals surface area contributed by atoms with Crippen LogP contribution in [0.25, 0.3) is 0 Å². The topological polar surface area (TPSA) is 59.3 Å². The second kappa shape index (κ2) is 12.9. The van der Waals surface area contributed by atoms with Gasteiger partial charge in [-0.25, -0.2) is 0 Å². The molecule has 0 amide bonds. The number of halogens is 9. The van der Waals surface area contributed by atoms with Gasteiger partial charge in [0.2, 0.25) is 0 Å². The van der Waals surface area contributed by atoms with Gasteiger partial charge in [0.05, 0.1) is 30.3 Å². The highest BCUT2D eigenvalue weighted by Gasteiger charge is 2.38. The fourth-order valence-corrected chi connectivity index (χ4v) is 5.57. The normalized spacial score (nSPS) is 17.3. The molecule has 0 bridgehead atoms. The molecule has 4 rings (SSSR count). The summed E-state index contributed by atoms with van der Waals surface area (Å²) in [6.45, 7) is 2.80. The van der Waals surface area contributed by atoms with Crippen LogP contribution in [0.3, 0.4) is 0 Å². The summed E-state index contributed by atoms with van der Waals surface area (Å²) in [6.07, 6.45) is -13.5. The molecule has 3 aromatic rings. The SMILES string of the molecule is CCC(c1ccc(C(F)(F)F)cc1CN(Cc1cc(C(F)(F)F)cc(C(F)(F)F)c1)c1nnn(C)n1)N1CCC(COC)C1. The second-order valence-corrected chi connectivity index (χ2v) is 10.8. The molecular formula is C28H31F9N6O. The maximum atomic E-state index is 13.9. The van der Waals surface area contributed by atoms with Crippen molar-refractivity contribution >= 4 is 5.95 Å². The average molecular weight is 639 g/mol. The molecule has 0 radical (unpaired) electrons. The first-order valence-corrected chi connectivity index (χ1v) is 13.7. The van der Waals surface area contributed by atoms with E-state index in [-0.39, 0.29) is 41.6 Å². The molecule has 0 spiro atoms. The van der Waals surface area contributed by atoms with E-state index in [1.54, 1.807) is 7.11 Å². The zero-order valence-electron chi connectivity index (χ0n) is 24.1. The maximum Gasteiger partial charge on any atom is 0.416 e. The number of ether oxygens (including phenoxy) is 1. The summed E-state index contributed by atoms with van der Waals surface area (Å²) in [7, 11) is 2.98. The van der Waals surface area contributed by atoms with Crippen molar-refractivity contribution in [2.24, 2.45) is 13.0 Å². The van der Waals surface area contributed by atoms with E-state index in [9.17, 15) is 39.5 Å². The van der Waals surface area contributed by atoms with Gasteiger partial charge < -0.3 is 9.64 Å². The summed E-state index contributed by atoms with van der Waals surface area (Å²) in [5, 5.41) is 11.6. The summed E-state index contributed by atoms with van der Waals surface area (Å²) >= 11 is 0. The number of benzene rings is 2. The number of aryl methyl sites for hydroxylation is 1. The molecule has 0 N–H and O–H groups in total. The number of rotatable bonds is 10. The van der Waals surface area contributed by atoms with E-state index >= 15 is 0 Å². The molecule has 1 saturated heterocycles. The standard InChI is InChI=1S/C28H31F9N6O/c1-4-24(42-8-7-17(13-42)16-44-3)23-6-5-20(26(29,30)31)11-19(23)15-43(25-38-40-41(2)39-25)14-18-9-21(27(32,33)34)12-22(10-18)28(35,36)37/h5-6,9-12,17,24H,4,7-8,13-16H2,1-3H3. The Balaban J connectivity index is 1.79. The molecule has 2 unspecified atom stereocenters. The van der Waals surface area contributed by atoms with Gasteiger partial charge in [-0.1, -0.05) is 18.1 Å². The lowest BCUT2D eigenvalue weighted by molar-refractivity contribution is -0.143. The van der Waals surface area contributed by atoms with Crippen molar-refractivity contribution in [1.29, 1.82) is 0 Å². The highest BCUT2D eigenvalue weighted by molar-refractivity contribution is 5.42. The van der Waals surface area contributed by atoms with Crippen LogP contribution in [0.5, 0.6) is 0 Å². The summed E-state index contributed by atoms with van der Waals surface area (Å²) in [5.41, 5.74) is -3.64. The third-order valence-electron chi connectivity index (χ3n) is 7.54. The van der Waals surface area contributed by atoms with Crippen LogP contribution in [-0.2, 0) is 43.4 Å². The van der Waals surface area contributed by atoms with Crippen LogP contribution in [0.4, 0.5) is 45.5 Å². The van der Waals surface area contributed by atoms with Crippen LogP contribution in [-0.4, -0.2) is 51.9 Å². The van der Waals surface area contributed by atoms with Crippen molar-refractivity contribution in [1.82, 2.24) is 25.1 Å². The van der Waals surface area contributed by atoms with Crippen LogP contribution in [0.15, 0.2) is 36.4 Å². The molecule has 16 heteroatoms. The van der Waals surface area contributed by atoms with Crippen LogP contribution < -0.4 is 4.90 Å². The molecule has 44 heavy (non-hydrogen) atoms. The lowest BCUT2D eigenvalue weighted by Gasteiger charge is -2.31. The smallest absolute Gasteiger partial charge is 0.384 e. The summed E-state index contributed by atoms with van der Waals surface area (Å²) in [4.78, 5) is 4.38. The van der Waals surface area contributed by atoms with Gasteiger partial charge in [0.1, 0.15) is 0 Å². The number of tetrazole rings is 1. The summed E-state index contributed by atoms with van der Waals surface area (Å²) in [6, 6.07) is 4.15. The third-order valence-corrected chi connectivity index (χ3v) is 7.54. The predicted molar refractivity (Wildman–Crippen MR) is 141 cm³/mol. The van der Waals surface area contributed by atoms with E-state index in [1.165, 1.54) is 18.0 Å². The minimum absolute atomic E-state index is 0.0120. The molecule has 1 aromatic heterocycles. The Morgan fingerprint density at radius 2 is 1.55 bits per heavy atom. The van der Waals surface area contributed by atoms with E-state index in [0.29, 0.717) is 43.8 Å². The molecule has 1 aliphatic rings. The Bertz CT molecular complexity index is 1390. The lowest BCUT2D eigenvalue weighted by Crippen LogP contribution is -2.30. The van der Waals surface area contributed by atoms with Gasteiger partial charge in [-0.3, -0.25) is 4.90 Å². The predicted octanol–water partition coefficient (Wildman–Crippen LogP) is 6.89. The minimum atomic E-state index is -5.08. The molecule has 0 saturated carbocycles. The van der Waals surface area contributed by atoms with Crippen LogP contribution in [0.1, 0.15) is 59.2 Å². The highest BCUT2D eigenvalue weighted by atomic mass is 19.4. The third kappa shape index (κ3) is 8.00. The van der Waals surface area contributed by atoms with Crippen LogP contribution in [0, 0.1) is 5.92 Å². The number of aromatic nitrogens is 4. The molecule has 7 nitrogen and oxygen atoms in total. The summed E-state index contributed by atoms with van der Waals surface area (Å²) < 4.78 is 128. The largest absolute Gasteiger partial charge is 0.416 e. The number of methoxy groups -OCH3 is 1. The van der Waals surface area contributed by atoms with Crippen LogP contribution >= 0.6 is 0 Å². The first-order chi connectivity index (χ1) is 20.5. The zero-order chi connectivity index (χ0) is 32.4. The fraction of sp³-hybridized carbons (Fsp3) is 0.536. The monoisotopic (exact) mass is 638 g/mol. The highest BCUT2D eigenvalue weighted by Crippen LogP contribution is 2.39. The van der Waals surface area contributed by atoms with Gasteiger partial charge in [0, 0.05) is 32.8 Å². The molecule has 2 heterocycles. The second-order valence-electron chi connectivity index (χ2n) is 10.8. The number of likely N-dealkylation sites (tertiary alicyclic amines) is 1. The Morgan fingerprint density at radius 1 is 0.909 bits per heavy atom. The van der Waals surface area contributed by atoms with Crippen molar-refractivity contribution in [3.8, 4) is 0 Å². The Labute approximate surface area is 247 Å². The zero-order valence-corrected chi connectivity index (χ0v) is 24.1. The van der Waals surface area contributed by atoms with Crippen molar-refractivity contribution < 1.29 is 44.3 Å². The van der Waals surface area contributed by atoms with E-state index in [0.717, 1.165) is 23.4 Å².